The number of hydrogen-bond donors (Lipinski definition) is 0. The molecule has 2 aliphatic rings. The Labute approximate surface area is 148 Å². The lowest BCUT2D eigenvalue weighted by Gasteiger charge is -2.27. The van der Waals surface area contributed by atoms with E-state index in [-0.39, 0.29) is 18.8 Å². The van der Waals surface area contributed by atoms with Crippen molar-refractivity contribution < 1.29 is 33.3 Å². The lowest BCUT2D eigenvalue weighted by Crippen LogP contribution is -2.44. The Hall–Kier alpha value is -1.38. The Morgan fingerprint density at radius 1 is 1.28 bits per heavy atom. The third kappa shape index (κ3) is 5.55. The molecule has 0 aromatic heterocycles. The predicted octanol–water partition coefficient (Wildman–Crippen LogP) is 1.71. The standard InChI is InChI=1S/C17H29NO7/c1-16(2,3)25-15(20)18-8-11(7-13(18)14(19)21-6)22-9-12-10-23-17(4,5)24-12/h11-13H,7-10H2,1-6H3/t11-,12?,13-/m1/s1. The molecule has 2 heterocycles. The van der Waals surface area contributed by atoms with Gasteiger partial charge < -0.3 is 23.7 Å². The van der Waals surface area contributed by atoms with Gasteiger partial charge in [0.15, 0.2) is 5.79 Å². The van der Waals surface area contributed by atoms with Crippen molar-refractivity contribution in [3.8, 4) is 0 Å². The second-order valence-corrected chi connectivity index (χ2v) is 7.81. The van der Waals surface area contributed by atoms with Gasteiger partial charge in [-0.05, 0) is 34.6 Å². The van der Waals surface area contributed by atoms with Gasteiger partial charge in [-0.1, -0.05) is 0 Å². The van der Waals surface area contributed by atoms with Crippen molar-refractivity contribution >= 4 is 12.1 Å². The largest absolute Gasteiger partial charge is 0.467 e. The molecular weight excluding hydrogens is 330 g/mol. The molecule has 144 valence electrons. The smallest absolute Gasteiger partial charge is 0.411 e. The van der Waals surface area contributed by atoms with E-state index >= 15 is 0 Å². The molecule has 1 unspecified atom stereocenters. The maximum Gasteiger partial charge on any atom is 0.411 e. The maximum absolute atomic E-state index is 12.4. The van der Waals surface area contributed by atoms with E-state index in [4.69, 9.17) is 23.7 Å². The summed E-state index contributed by atoms with van der Waals surface area (Å²) in [5.41, 5.74) is -0.642. The predicted molar refractivity (Wildman–Crippen MR) is 88.0 cm³/mol. The van der Waals surface area contributed by atoms with Gasteiger partial charge >= 0.3 is 12.1 Å². The minimum Gasteiger partial charge on any atom is -0.467 e. The van der Waals surface area contributed by atoms with Crippen LogP contribution in [0.15, 0.2) is 0 Å². The molecule has 0 aromatic rings. The molecule has 8 heteroatoms. The molecule has 0 bridgehead atoms. The first kappa shape index (κ1) is 19.9. The van der Waals surface area contributed by atoms with Crippen molar-refractivity contribution in [2.75, 3.05) is 26.9 Å². The van der Waals surface area contributed by atoms with Crippen molar-refractivity contribution in [1.82, 2.24) is 4.90 Å². The summed E-state index contributed by atoms with van der Waals surface area (Å²) >= 11 is 0. The van der Waals surface area contributed by atoms with Gasteiger partial charge in [-0.2, -0.15) is 0 Å². The number of carbonyl (C=O) groups excluding carboxylic acids is 2. The number of carbonyl (C=O) groups is 2. The lowest BCUT2D eigenvalue weighted by molar-refractivity contribution is -0.147. The van der Waals surface area contributed by atoms with Crippen LogP contribution in [0, 0.1) is 0 Å². The third-order valence-electron chi connectivity index (χ3n) is 3.95. The van der Waals surface area contributed by atoms with Crippen LogP contribution < -0.4 is 0 Å². The molecule has 2 saturated heterocycles. The van der Waals surface area contributed by atoms with Gasteiger partial charge in [0.05, 0.1) is 33.0 Å². The van der Waals surface area contributed by atoms with Crippen molar-refractivity contribution in [2.24, 2.45) is 0 Å². The second-order valence-electron chi connectivity index (χ2n) is 7.81. The van der Waals surface area contributed by atoms with E-state index in [0.29, 0.717) is 19.6 Å². The quantitative estimate of drug-likeness (QED) is 0.707. The van der Waals surface area contributed by atoms with E-state index in [9.17, 15) is 9.59 Å². The van der Waals surface area contributed by atoms with Gasteiger partial charge in [-0.3, -0.25) is 4.90 Å². The summed E-state index contributed by atoms with van der Waals surface area (Å²) in [6.45, 7) is 10.1. The van der Waals surface area contributed by atoms with Crippen molar-refractivity contribution in [2.45, 2.75) is 70.7 Å². The normalized spacial score (nSPS) is 28.9. The molecule has 2 aliphatic heterocycles. The average molecular weight is 359 g/mol. The van der Waals surface area contributed by atoms with E-state index in [1.165, 1.54) is 12.0 Å². The zero-order chi connectivity index (χ0) is 18.8. The van der Waals surface area contributed by atoms with Crippen LogP contribution in [0.2, 0.25) is 0 Å². The van der Waals surface area contributed by atoms with Crippen molar-refractivity contribution in [3.63, 3.8) is 0 Å². The molecule has 8 nitrogen and oxygen atoms in total. The molecule has 0 radical (unpaired) electrons. The minimum atomic E-state index is -0.706. The van der Waals surface area contributed by atoms with Gasteiger partial charge in [-0.25, -0.2) is 9.59 Å². The van der Waals surface area contributed by atoms with Crippen molar-refractivity contribution in [3.05, 3.63) is 0 Å². The van der Waals surface area contributed by atoms with E-state index in [0.717, 1.165) is 0 Å². The van der Waals surface area contributed by atoms with Gasteiger partial charge in [-0.15, -0.1) is 0 Å². The average Bonchev–Trinajstić information content (AvgIpc) is 3.06. The van der Waals surface area contributed by atoms with E-state index in [1.54, 1.807) is 20.8 Å². The maximum atomic E-state index is 12.4. The highest BCUT2D eigenvalue weighted by Gasteiger charge is 2.43. The van der Waals surface area contributed by atoms with E-state index < -0.39 is 29.5 Å². The highest BCUT2D eigenvalue weighted by atomic mass is 16.7. The summed E-state index contributed by atoms with van der Waals surface area (Å²) in [4.78, 5) is 25.8. The Balaban J connectivity index is 1.93. The summed E-state index contributed by atoms with van der Waals surface area (Å²) in [7, 11) is 1.30. The summed E-state index contributed by atoms with van der Waals surface area (Å²) in [6, 6.07) is -0.706. The first-order valence-electron chi connectivity index (χ1n) is 8.51. The van der Waals surface area contributed by atoms with Crippen LogP contribution in [0.3, 0.4) is 0 Å². The number of rotatable bonds is 4. The van der Waals surface area contributed by atoms with Crippen LogP contribution in [0.1, 0.15) is 41.0 Å². The van der Waals surface area contributed by atoms with Crippen molar-refractivity contribution in [1.29, 1.82) is 0 Å². The summed E-state index contributed by atoms with van der Waals surface area (Å²) < 4.78 is 27.2. The monoisotopic (exact) mass is 359 g/mol. The van der Waals surface area contributed by atoms with Gasteiger partial charge in [0, 0.05) is 6.42 Å². The van der Waals surface area contributed by atoms with Gasteiger partial charge in [0.25, 0.3) is 0 Å². The number of nitrogens with zero attached hydrogens (tertiary/aromatic N) is 1. The van der Waals surface area contributed by atoms with Crippen LogP contribution in [-0.4, -0.2) is 73.5 Å². The molecule has 1 amide bonds. The fourth-order valence-electron chi connectivity index (χ4n) is 2.89. The van der Waals surface area contributed by atoms with Gasteiger partial charge in [0.2, 0.25) is 0 Å². The number of ether oxygens (including phenoxy) is 5. The number of hydrogen-bond acceptors (Lipinski definition) is 7. The molecule has 2 rings (SSSR count). The molecule has 0 saturated carbocycles. The van der Waals surface area contributed by atoms with Gasteiger partial charge in [0.1, 0.15) is 17.7 Å². The Morgan fingerprint density at radius 3 is 2.48 bits per heavy atom. The van der Waals surface area contributed by atoms with Crippen LogP contribution in [-0.2, 0) is 28.5 Å². The molecule has 2 fully saturated rings. The molecule has 25 heavy (non-hydrogen) atoms. The SMILES string of the molecule is COC(=O)[C@H]1C[C@@H](OCC2COC(C)(C)O2)CN1C(=O)OC(C)(C)C. The highest BCUT2D eigenvalue weighted by molar-refractivity contribution is 5.82. The minimum absolute atomic E-state index is 0.165. The molecule has 0 N–H and O–H groups in total. The number of likely N-dealkylation sites (tertiary alicyclic amines) is 1. The lowest BCUT2D eigenvalue weighted by atomic mass is 10.2. The zero-order valence-electron chi connectivity index (χ0n) is 15.9. The van der Waals surface area contributed by atoms with Crippen LogP contribution in [0.25, 0.3) is 0 Å². The van der Waals surface area contributed by atoms with Crippen LogP contribution in [0.5, 0.6) is 0 Å². The van der Waals surface area contributed by atoms with E-state index in [1.807, 2.05) is 13.8 Å². The molecule has 0 aromatic carbocycles. The fraction of sp³-hybridized carbons (Fsp3) is 0.882. The second kappa shape index (κ2) is 7.47. The summed E-state index contributed by atoms with van der Waals surface area (Å²) in [6.07, 6.45) is -0.634. The fourth-order valence-corrected chi connectivity index (χ4v) is 2.89. The number of esters is 1. The van der Waals surface area contributed by atoms with Crippen LogP contribution in [0.4, 0.5) is 4.79 Å². The first-order chi connectivity index (χ1) is 11.5. The first-order valence-corrected chi connectivity index (χ1v) is 8.51. The number of amides is 1. The Morgan fingerprint density at radius 2 is 1.96 bits per heavy atom. The van der Waals surface area contributed by atoms with E-state index in [2.05, 4.69) is 0 Å². The molecule has 0 aliphatic carbocycles. The molecular formula is C17H29NO7. The number of methoxy groups -OCH3 is 1. The third-order valence-corrected chi connectivity index (χ3v) is 3.95. The summed E-state index contributed by atoms with van der Waals surface area (Å²) in [5.74, 6) is -1.08. The highest BCUT2D eigenvalue weighted by Crippen LogP contribution is 2.26. The Kier molecular flexibility index (Phi) is 5.96. The molecule has 0 spiro atoms. The topological polar surface area (TPSA) is 83.5 Å². The molecule has 3 atom stereocenters. The zero-order valence-corrected chi connectivity index (χ0v) is 15.9. The summed E-state index contributed by atoms with van der Waals surface area (Å²) in [5, 5.41) is 0. The van der Waals surface area contributed by atoms with Crippen LogP contribution >= 0.6 is 0 Å². The Bertz CT molecular complexity index is 500.